The highest BCUT2D eigenvalue weighted by atomic mass is 19.4. The van der Waals surface area contributed by atoms with E-state index in [9.17, 15) is 18.0 Å². The van der Waals surface area contributed by atoms with Gasteiger partial charge in [0.25, 0.3) is 0 Å². The van der Waals surface area contributed by atoms with E-state index < -0.39 is 12.3 Å². The van der Waals surface area contributed by atoms with Crippen LogP contribution < -0.4 is 9.47 Å². The zero-order valence-corrected chi connectivity index (χ0v) is 17.0. The van der Waals surface area contributed by atoms with Gasteiger partial charge in [-0.25, -0.2) is 4.79 Å². The summed E-state index contributed by atoms with van der Waals surface area (Å²) in [6.07, 6.45) is -2.34. The molecule has 0 bridgehead atoms. The van der Waals surface area contributed by atoms with Crippen LogP contribution in [-0.2, 0) is 4.79 Å². The molecule has 4 nitrogen and oxygen atoms in total. The Morgan fingerprint density at radius 2 is 1.45 bits per heavy atom. The molecule has 33 heavy (non-hydrogen) atoms. The van der Waals surface area contributed by atoms with Crippen molar-refractivity contribution >= 4 is 22.8 Å². The van der Waals surface area contributed by atoms with Gasteiger partial charge in [0.05, 0.1) is 0 Å². The minimum atomic E-state index is -4.76. The molecule has 0 radical (unpaired) electrons. The maximum absolute atomic E-state index is 12.4. The summed E-state index contributed by atoms with van der Waals surface area (Å²) in [6, 6.07) is 24.0. The van der Waals surface area contributed by atoms with Crippen molar-refractivity contribution in [3.63, 3.8) is 0 Å². The second-order valence-corrected chi connectivity index (χ2v) is 7.11. The first-order valence-electron chi connectivity index (χ1n) is 9.85. The average molecular weight is 450 g/mol. The quantitative estimate of drug-likeness (QED) is 0.313. The molecule has 4 rings (SSSR count). The fourth-order valence-corrected chi connectivity index (χ4v) is 3.31. The van der Waals surface area contributed by atoms with Gasteiger partial charge in [-0.1, -0.05) is 54.6 Å². The van der Waals surface area contributed by atoms with Gasteiger partial charge in [-0.05, 0) is 58.3 Å². The Morgan fingerprint density at radius 3 is 2.15 bits per heavy atom. The largest absolute Gasteiger partial charge is 0.573 e. The lowest BCUT2D eigenvalue weighted by Gasteiger charge is -2.13. The third kappa shape index (κ3) is 5.71. The SMILES string of the molecule is O=C(O)/C=C/c1ccc(-c2ccc(OC(F)(F)F)cc2)cc1Oc1ccc2ccccc2c1. The normalized spacial score (nSPS) is 11.6. The standard InChI is InChI=1S/C26H17F3O4/c27-26(28,29)33-22-11-7-18(8-12-22)21-6-5-19(10-14-25(30)31)24(16-21)32-23-13-9-17-3-1-2-4-20(17)15-23/h1-16H,(H,30,31)/b14-10+. The Hall–Kier alpha value is -4.26. The number of carboxylic acid groups (broad SMARTS) is 1. The van der Waals surface area contributed by atoms with Gasteiger partial charge in [0.15, 0.2) is 0 Å². The fourth-order valence-electron chi connectivity index (χ4n) is 3.31. The van der Waals surface area contributed by atoms with Crippen molar-refractivity contribution in [2.45, 2.75) is 6.36 Å². The molecule has 7 heteroatoms. The zero-order chi connectivity index (χ0) is 23.4. The van der Waals surface area contributed by atoms with Crippen molar-refractivity contribution in [1.82, 2.24) is 0 Å². The highest BCUT2D eigenvalue weighted by Crippen LogP contribution is 2.34. The predicted molar refractivity (Wildman–Crippen MR) is 119 cm³/mol. The molecule has 166 valence electrons. The van der Waals surface area contributed by atoms with Crippen molar-refractivity contribution in [2.24, 2.45) is 0 Å². The molecule has 4 aromatic carbocycles. The smallest absolute Gasteiger partial charge is 0.478 e. The van der Waals surface area contributed by atoms with Crippen LogP contribution in [0.5, 0.6) is 17.2 Å². The lowest BCUT2D eigenvalue weighted by atomic mass is 10.0. The van der Waals surface area contributed by atoms with Crippen molar-refractivity contribution < 1.29 is 32.5 Å². The third-order valence-corrected chi connectivity index (χ3v) is 4.79. The van der Waals surface area contributed by atoms with Crippen LogP contribution >= 0.6 is 0 Å². The van der Waals surface area contributed by atoms with Crippen LogP contribution in [-0.4, -0.2) is 17.4 Å². The number of rotatable bonds is 6. The summed E-state index contributed by atoms with van der Waals surface area (Å²) in [5.41, 5.74) is 1.85. The van der Waals surface area contributed by atoms with Gasteiger partial charge in [-0.15, -0.1) is 13.2 Å². The Labute approximate surface area is 187 Å². The summed E-state index contributed by atoms with van der Waals surface area (Å²) in [5, 5.41) is 11.0. The van der Waals surface area contributed by atoms with Crippen molar-refractivity contribution in [1.29, 1.82) is 0 Å². The molecule has 0 saturated heterocycles. The fraction of sp³-hybridized carbons (Fsp3) is 0.0385. The lowest BCUT2D eigenvalue weighted by Crippen LogP contribution is -2.16. The molecular formula is C26H17F3O4. The Balaban J connectivity index is 1.68. The number of carboxylic acids is 1. The number of ether oxygens (including phenoxy) is 2. The number of benzene rings is 4. The Kier molecular flexibility index (Phi) is 6.04. The van der Waals surface area contributed by atoms with Crippen LogP contribution in [0.25, 0.3) is 28.0 Å². The van der Waals surface area contributed by atoms with Crippen molar-refractivity contribution in [3.8, 4) is 28.4 Å². The predicted octanol–water partition coefficient (Wildman–Crippen LogP) is 7.30. The van der Waals surface area contributed by atoms with E-state index in [0.29, 0.717) is 28.2 Å². The monoisotopic (exact) mass is 450 g/mol. The summed E-state index contributed by atoms with van der Waals surface area (Å²) in [4.78, 5) is 11.0. The summed E-state index contributed by atoms with van der Waals surface area (Å²) < 4.78 is 47.2. The topological polar surface area (TPSA) is 55.8 Å². The minimum Gasteiger partial charge on any atom is -0.478 e. The molecule has 0 fully saturated rings. The number of hydrogen-bond donors (Lipinski definition) is 1. The molecule has 0 atom stereocenters. The van der Waals surface area contributed by atoms with Gasteiger partial charge in [-0.3, -0.25) is 0 Å². The van der Waals surface area contributed by atoms with E-state index in [0.717, 1.165) is 16.8 Å². The number of fused-ring (bicyclic) bond motifs is 1. The van der Waals surface area contributed by atoms with Gasteiger partial charge in [0.2, 0.25) is 0 Å². The minimum absolute atomic E-state index is 0.320. The van der Waals surface area contributed by atoms with E-state index >= 15 is 0 Å². The molecule has 0 spiro atoms. The summed E-state index contributed by atoms with van der Waals surface area (Å²) in [5.74, 6) is -0.462. The molecule has 1 N–H and O–H groups in total. The first kappa shape index (κ1) is 22.0. The van der Waals surface area contributed by atoms with Gasteiger partial charge in [0, 0.05) is 11.6 Å². The lowest BCUT2D eigenvalue weighted by molar-refractivity contribution is -0.274. The first-order chi connectivity index (χ1) is 15.8. The molecule has 0 unspecified atom stereocenters. The van der Waals surface area contributed by atoms with Crippen LogP contribution in [0.2, 0.25) is 0 Å². The molecule has 0 saturated carbocycles. The highest BCUT2D eigenvalue weighted by Gasteiger charge is 2.30. The van der Waals surface area contributed by atoms with E-state index in [1.54, 1.807) is 18.2 Å². The van der Waals surface area contributed by atoms with Gasteiger partial charge in [-0.2, -0.15) is 0 Å². The zero-order valence-electron chi connectivity index (χ0n) is 17.0. The molecule has 0 heterocycles. The van der Waals surface area contributed by atoms with Crippen LogP contribution in [0, 0.1) is 0 Å². The van der Waals surface area contributed by atoms with E-state index in [4.69, 9.17) is 9.84 Å². The van der Waals surface area contributed by atoms with Crippen LogP contribution in [0.3, 0.4) is 0 Å². The van der Waals surface area contributed by atoms with Gasteiger partial charge >= 0.3 is 12.3 Å². The Bertz CT molecular complexity index is 1330. The summed E-state index contributed by atoms with van der Waals surface area (Å²) in [7, 11) is 0. The number of halogens is 3. The second-order valence-electron chi connectivity index (χ2n) is 7.11. The first-order valence-corrected chi connectivity index (χ1v) is 9.85. The number of hydrogen-bond acceptors (Lipinski definition) is 3. The average Bonchev–Trinajstić information content (AvgIpc) is 2.77. The number of aliphatic carboxylic acids is 1. The molecule has 0 aliphatic rings. The molecule has 0 aromatic heterocycles. The summed E-state index contributed by atoms with van der Waals surface area (Å²) >= 11 is 0. The molecular weight excluding hydrogens is 433 g/mol. The van der Waals surface area contributed by atoms with E-state index in [-0.39, 0.29) is 5.75 Å². The number of carbonyl (C=O) groups is 1. The molecule has 0 amide bonds. The summed E-state index contributed by atoms with van der Waals surface area (Å²) in [6.45, 7) is 0. The third-order valence-electron chi connectivity index (χ3n) is 4.79. The van der Waals surface area contributed by atoms with Crippen LogP contribution in [0.1, 0.15) is 5.56 Å². The Morgan fingerprint density at radius 1 is 0.788 bits per heavy atom. The van der Waals surface area contributed by atoms with Crippen LogP contribution in [0.15, 0.2) is 91.0 Å². The maximum Gasteiger partial charge on any atom is 0.573 e. The molecule has 0 aliphatic carbocycles. The second kappa shape index (κ2) is 9.08. The molecule has 0 aliphatic heterocycles. The van der Waals surface area contributed by atoms with Crippen LogP contribution in [0.4, 0.5) is 13.2 Å². The maximum atomic E-state index is 12.4. The van der Waals surface area contributed by atoms with E-state index in [2.05, 4.69) is 4.74 Å². The van der Waals surface area contributed by atoms with Crippen molar-refractivity contribution in [2.75, 3.05) is 0 Å². The van der Waals surface area contributed by atoms with Gasteiger partial charge < -0.3 is 14.6 Å². The van der Waals surface area contributed by atoms with E-state index in [1.807, 2.05) is 42.5 Å². The van der Waals surface area contributed by atoms with Gasteiger partial charge in [0.1, 0.15) is 17.2 Å². The highest BCUT2D eigenvalue weighted by molar-refractivity contribution is 5.87. The van der Waals surface area contributed by atoms with Crippen molar-refractivity contribution in [3.05, 3.63) is 96.6 Å². The van der Waals surface area contributed by atoms with E-state index in [1.165, 1.54) is 30.3 Å². The number of alkyl halides is 3. The molecule has 4 aromatic rings.